The topological polar surface area (TPSA) is 168 Å². The maximum absolute atomic E-state index is 12.0. The predicted molar refractivity (Wildman–Crippen MR) is 395 cm³/mol. The highest BCUT2D eigenvalue weighted by atomic mass is 16.2. The molecule has 11 saturated heterocycles. The highest BCUT2D eigenvalue weighted by Crippen LogP contribution is 2.29. The smallest absolute Gasteiger partial charge is 0.239 e. The normalized spacial score (nSPS) is 25.5. The third-order valence-electron chi connectivity index (χ3n) is 20.8. The van der Waals surface area contributed by atoms with Crippen molar-refractivity contribution in [2.24, 2.45) is 41.4 Å². The molecule has 0 radical (unpaired) electrons. The number of likely N-dealkylation sites (tertiary alicyclic amines) is 3. The van der Waals surface area contributed by atoms with Gasteiger partial charge in [-0.25, -0.2) is 0 Å². The SMILES string of the molecule is CC(C)CN1CC2CCCN2CC1=O.CC(C)CN1CCC(N2CCC2)CC1=O.CC(C)CN1CCCN(C)CC1=O.CC(C)CN1CCN(C)CC1=O.CC(C)CN1CCN(C2CC2)CC1=O.CC(C)CN1CCN(C2CN(C)C2)CC1=O.CC(C)CN1CCN2CCCC2C1=O. The van der Waals surface area contributed by atoms with Gasteiger partial charge in [-0.05, 0) is 147 Å². The number of piperidine rings is 1. The summed E-state index contributed by atoms with van der Waals surface area (Å²) in [5.41, 5.74) is 0. The lowest BCUT2D eigenvalue weighted by molar-refractivity contribution is -0.141. The fraction of sp³-hybridized carbons (Fsp3) is 0.908. The molecule has 0 aromatic carbocycles. The van der Waals surface area contributed by atoms with Gasteiger partial charge in [0, 0.05) is 168 Å². The van der Waals surface area contributed by atoms with Crippen LogP contribution in [0.25, 0.3) is 0 Å². The van der Waals surface area contributed by atoms with E-state index >= 15 is 0 Å². The minimum Gasteiger partial charge on any atom is -0.342 e. The number of carbonyl (C=O) groups excluding carboxylic acids is 7. The molecule has 12 rings (SSSR count). The maximum atomic E-state index is 12.0. The standard InChI is InChI=1S/C12H23N3O.C12H22N2O.3C11H20N2O.C10H20N2O.C9H18N2O/c1-10(2)6-15-5-4-14(9-12(15)16)11-7-13(3)8-11;1-10(2)9-14-7-4-11(8-12(14)15)13-5-3-6-13;1-9(2)7-13-6-5-12(8-11(13)14)10-3-4-10;1-9(2)6-13-7-10-4-3-5-12(10)8-11(13)14;1-9(2)8-13-7-6-12-5-3-4-10(12)11(13)14;1-9(2)7-12-6-4-5-11(3)8-10(12)13;1-8(2)6-11-5-4-10(3)7-9(11)12/h10-11H,4-9H2,1-3H3;10-11H,3-9H2,1-2H3;3*9-10H,3-8H2,1-2H3;9H,4-8H2,1-3H3;8H,4-7H2,1-3H3. The molecule has 1 aliphatic carbocycles. The van der Waals surface area contributed by atoms with Crippen LogP contribution in [-0.4, -0.2) is 363 Å². The van der Waals surface area contributed by atoms with Gasteiger partial charge in [-0.3, -0.25) is 67.9 Å². The van der Waals surface area contributed by atoms with Gasteiger partial charge in [-0.15, -0.1) is 0 Å². The fourth-order valence-corrected chi connectivity index (χ4v) is 15.5. The minimum atomic E-state index is 0.225. The van der Waals surface area contributed by atoms with E-state index in [2.05, 4.69) is 153 Å². The molecule has 3 unspecified atom stereocenters. The van der Waals surface area contributed by atoms with E-state index in [0.29, 0.717) is 122 Å². The fourth-order valence-electron chi connectivity index (χ4n) is 15.5. The number of carbonyl (C=O) groups is 7. The van der Waals surface area contributed by atoms with Crippen molar-refractivity contribution in [1.82, 2.24) is 73.5 Å². The van der Waals surface area contributed by atoms with Crippen LogP contribution < -0.4 is 0 Å². The van der Waals surface area contributed by atoms with E-state index in [1.54, 1.807) is 0 Å². The van der Waals surface area contributed by atoms with Gasteiger partial charge < -0.3 is 39.2 Å². The minimum absolute atomic E-state index is 0.225. The largest absolute Gasteiger partial charge is 0.342 e. The molecular weight excluding hydrogens is 1230 g/mol. The molecule has 7 amide bonds. The van der Waals surface area contributed by atoms with Gasteiger partial charge in [0.15, 0.2) is 0 Å². The lowest BCUT2D eigenvalue weighted by Gasteiger charge is -2.46. The predicted octanol–water partition coefficient (Wildman–Crippen LogP) is 5.51. The van der Waals surface area contributed by atoms with Gasteiger partial charge in [0.05, 0.1) is 38.8 Å². The third kappa shape index (κ3) is 28.3. The van der Waals surface area contributed by atoms with Crippen LogP contribution in [0.3, 0.4) is 0 Å². The van der Waals surface area contributed by atoms with Gasteiger partial charge in [0.1, 0.15) is 0 Å². The highest BCUT2D eigenvalue weighted by molar-refractivity contribution is 5.83. The summed E-state index contributed by atoms with van der Waals surface area (Å²) in [6.45, 7) is 58.7. The Morgan fingerprint density at radius 2 is 0.633 bits per heavy atom. The van der Waals surface area contributed by atoms with Crippen molar-refractivity contribution in [2.45, 2.75) is 191 Å². The Balaban J connectivity index is 0.000000181. The molecule has 98 heavy (non-hydrogen) atoms. The summed E-state index contributed by atoms with van der Waals surface area (Å²) >= 11 is 0. The molecule has 0 bridgehead atoms. The van der Waals surface area contributed by atoms with Crippen LogP contribution in [-0.2, 0) is 33.6 Å². The summed E-state index contributed by atoms with van der Waals surface area (Å²) < 4.78 is 0. The first kappa shape index (κ1) is 82.9. The summed E-state index contributed by atoms with van der Waals surface area (Å²) in [4.78, 5) is 115. The molecule has 12 fully saturated rings. The average molecular weight is 1380 g/mol. The molecule has 22 nitrogen and oxygen atoms in total. The molecule has 564 valence electrons. The van der Waals surface area contributed by atoms with Crippen LogP contribution in [0.2, 0.25) is 0 Å². The second-order valence-corrected chi connectivity index (χ2v) is 33.9. The number of hydrogen-bond donors (Lipinski definition) is 0. The van der Waals surface area contributed by atoms with Crippen LogP contribution >= 0.6 is 0 Å². The van der Waals surface area contributed by atoms with Crippen LogP contribution in [0.1, 0.15) is 161 Å². The molecular formula is C76H143N15O7. The molecule has 11 heterocycles. The molecule has 12 aliphatic rings. The van der Waals surface area contributed by atoms with E-state index in [9.17, 15) is 33.6 Å². The molecule has 1 saturated carbocycles. The van der Waals surface area contributed by atoms with Crippen LogP contribution in [0.5, 0.6) is 0 Å². The van der Waals surface area contributed by atoms with Crippen LogP contribution in [0.4, 0.5) is 0 Å². The molecule has 0 aromatic rings. The second kappa shape index (κ2) is 41.3. The zero-order valence-electron chi connectivity index (χ0n) is 65.3. The van der Waals surface area contributed by atoms with Gasteiger partial charge in [0.25, 0.3) is 0 Å². The Labute approximate surface area is 596 Å². The van der Waals surface area contributed by atoms with E-state index in [1.807, 2.05) is 38.6 Å². The Kier molecular flexibility index (Phi) is 35.0. The monoisotopic (exact) mass is 1380 g/mol. The number of hydrogen-bond acceptors (Lipinski definition) is 15. The Hall–Kier alpha value is -4.03. The number of likely N-dealkylation sites (N-methyl/N-ethyl adjacent to an activating group) is 3. The molecule has 0 aromatic heterocycles. The number of amides is 7. The maximum Gasteiger partial charge on any atom is 0.239 e. The molecule has 0 N–H and O–H groups in total. The molecule has 22 heteroatoms. The zero-order chi connectivity index (χ0) is 71.9. The first-order valence-corrected chi connectivity index (χ1v) is 39.1. The van der Waals surface area contributed by atoms with Crippen molar-refractivity contribution >= 4 is 41.4 Å². The molecule has 11 aliphatic heterocycles. The highest BCUT2D eigenvalue weighted by Gasteiger charge is 2.40. The number of nitrogens with zero attached hydrogens (tertiary/aromatic N) is 15. The summed E-state index contributed by atoms with van der Waals surface area (Å²) in [6, 6.07) is 2.79. The van der Waals surface area contributed by atoms with Crippen LogP contribution in [0, 0.1) is 41.4 Å². The van der Waals surface area contributed by atoms with Crippen molar-refractivity contribution < 1.29 is 33.6 Å². The van der Waals surface area contributed by atoms with Crippen molar-refractivity contribution in [1.29, 1.82) is 0 Å². The molecule has 3 atom stereocenters. The lowest BCUT2D eigenvalue weighted by atomic mass is 9.98. The first-order valence-electron chi connectivity index (χ1n) is 39.1. The van der Waals surface area contributed by atoms with Crippen molar-refractivity contribution in [3.05, 3.63) is 0 Å². The van der Waals surface area contributed by atoms with Gasteiger partial charge in [0.2, 0.25) is 41.4 Å². The van der Waals surface area contributed by atoms with Crippen molar-refractivity contribution in [3.8, 4) is 0 Å². The Bertz CT molecular complexity index is 2420. The quantitative estimate of drug-likeness (QED) is 0.179. The van der Waals surface area contributed by atoms with Gasteiger partial charge in [-0.1, -0.05) is 96.9 Å². The van der Waals surface area contributed by atoms with E-state index in [4.69, 9.17) is 0 Å². The molecule has 0 spiro atoms. The van der Waals surface area contributed by atoms with Crippen molar-refractivity contribution in [2.75, 3.05) is 217 Å². The first-order chi connectivity index (χ1) is 46.4. The summed E-state index contributed by atoms with van der Waals surface area (Å²) in [5, 5.41) is 0. The average Bonchev–Trinajstić information content (AvgIpc) is 1.63. The van der Waals surface area contributed by atoms with Gasteiger partial charge >= 0.3 is 0 Å². The summed E-state index contributed by atoms with van der Waals surface area (Å²) in [7, 11) is 6.13. The number of fused-ring (bicyclic) bond motifs is 2. The van der Waals surface area contributed by atoms with E-state index in [-0.39, 0.29) is 17.9 Å². The van der Waals surface area contributed by atoms with E-state index in [1.165, 1.54) is 58.0 Å². The number of piperazine rings is 5. The third-order valence-corrected chi connectivity index (χ3v) is 20.8. The van der Waals surface area contributed by atoms with Gasteiger partial charge in [-0.2, -0.15) is 0 Å². The number of rotatable bonds is 17. The lowest BCUT2D eigenvalue weighted by Crippen LogP contribution is -2.63. The Morgan fingerprint density at radius 1 is 0.265 bits per heavy atom. The van der Waals surface area contributed by atoms with Crippen LogP contribution in [0.15, 0.2) is 0 Å². The summed E-state index contributed by atoms with van der Waals surface area (Å²) in [5.74, 6) is 6.37. The second-order valence-electron chi connectivity index (χ2n) is 33.9. The zero-order valence-corrected chi connectivity index (χ0v) is 65.3. The van der Waals surface area contributed by atoms with E-state index < -0.39 is 0 Å². The Morgan fingerprint density at radius 3 is 1.08 bits per heavy atom. The summed E-state index contributed by atoms with van der Waals surface area (Å²) in [6.07, 6.45) is 11.8. The van der Waals surface area contributed by atoms with E-state index in [0.717, 1.165) is 176 Å². The van der Waals surface area contributed by atoms with Crippen molar-refractivity contribution in [3.63, 3.8) is 0 Å².